The Bertz CT molecular complexity index is 92.5. The molecule has 0 atom stereocenters. The zero-order valence-electron chi connectivity index (χ0n) is 5.64. The van der Waals surface area contributed by atoms with Crippen molar-refractivity contribution in [3.05, 3.63) is 0 Å². The zero-order chi connectivity index (χ0) is 6.10. The summed E-state index contributed by atoms with van der Waals surface area (Å²) in [6.07, 6.45) is 2.75. The topological polar surface area (TPSA) is 18.5 Å². The van der Waals surface area contributed by atoms with E-state index < -0.39 is 0 Å². The summed E-state index contributed by atoms with van der Waals surface area (Å²) < 4.78 is 0. The van der Waals surface area contributed by atoms with Gasteiger partial charge >= 0.3 is 0 Å². The predicted octanol–water partition coefficient (Wildman–Crippen LogP) is -0.183. The highest BCUT2D eigenvalue weighted by Crippen LogP contribution is 2.11. The molecule has 2 saturated heterocycles. The van der Waals surface area contributed by atoms with Crippen molar-refractivity contribution in [3.8, 4) is 0 Å². The van der Waals surface area contributed by atoms with Crippen LogP contribution < -0.4 is 5.32 Å². The Morgan fingerprint density at radius 2 is 1.44 bits per heavy atom. The van der Waals surface area contributed by atoms with Crippen LogP contribution in [0.5, 0.6) is 0 Å². The summed E-state index contributed by atoms with van der Waals surface area (Å²) in [4.78, 5) is 0. The summed E-state index contributed by atoms with van der Waals surface area (Å²) in [6, 6.07) is 0. The van der Waals surface area contributed by atoms with Gasteiger partial charge in [0.15, 0.2) is 0 Å². The van der Waals surface area contributed by atoms with Gasteiger partial charge in [-0.1, -0.05) is 0 Å². The molecule has 0 unspecified atom stereocenters. The highest BCUT2D eigenvalue weighted by atomic mass is 15.7. The van der Waals surface area contributed by atoms with Crippen LogP contribution in [0.1, 0.15) is 12.8 Å². The van der Waals surface area contributed by atoms with Crippen molar-refractivity contribution in [1.29, 1.82) is 0 Å². The van der Waals surface area contributed by atoms with Crippen molar-refractivity contribution in [1.82, 2.24) is 15.3 Å². The first-order valence-electron chi connectivity index (χ1n) is 3.67. The highest BCUT2D eigenvalue weighted by molar-refractivity contribution is 4.68. The number of hydrogen-bond donors (Lipinski definition) is 1. The molecular weight excluding hydrogens is 114 g/mol. The average molecular weight is 127 g/mol. The minimum atomic E-state index is 1.07. The van der Waals surface area contributed by atoms with Crippen molar-refractivity contribution >= 4 is 0 Å². The number of fused-ring (bicyclic) bond motifs is 1. The smallest absolute Gasteiger partial charge is 0.0633 e. The third-order valence-electron chi connectivity index (χ3n) is 2.07. The number of hydrazine groups is 1. The first-order chi connectivity index (χ1) is 4.47. The molecular formula is C6H13N3. The van der Waals surface area contributed by atoms with Gasteiger partial charge in [-0.15, -0.1) is 0 Å². The maximum Gasteiger partial charge on any atom is 0.0633 e. The largest absolute Gasteiger partial charge is 0.289 e. The third-order valence-corrected chi connectivity index (χ3v) is 2.07. The summed E-state index contributed by atoms with van der Waals surface area (Å²) in [5, 5.41) is 8.10. The molecule has 2 rings (SSSR count). The molecule has 0 aromatic rings. The Morgan fingerprint density at radius 3 is 2.00 bits per heavy atom. The molecule has 0 saturated carbocycles. The van der Waals surface area contributed by atoms with Crippen LogP contribution in [0.15, 0.2) is 0 Å². The highest BCUT2D eigenvalue weighted by Gasteiger charge is 2.22. The Balaban J connectivity index is 1.97. The Hall–Kier alpha value is -0.120. The van der Waals surface area contributed by atoms with Gasteiger partial charge in [-0.05, 0) is 12.8 Å². The second-order valence-corrected chi connectivity index (χ2v) is 2.73. The second-order valence-electron chi connectivity index (χ2n) is 2.73. The molecule has 0 aliphatic carbocycles. The Morgan fingerprint density at radius 1 is 0.889 bits per heavy atom. The molecule has 2 aliphatic rings. The summed E-state index contributed by atoms with van der Waals surface area (Å²) >= 11 is 0. The number of rotatable bonds is 0. The van der Waals surface area contributed by atoms with Crippen molar-refractivity contribution < 1.29 is 0 Å². The fourth-order valence-electron chi connectivity index (χ4n) is 1.54. The molecule has 3 heteroatoms. The van der Waals surface area contributed by atoms with Gasteiger partial charge in [-0.3, -0.25) is 5.32 Å². The van der Waals surface area contributed by atoms with Crippen LogP contribution in [0.3, 0.4) is 0 Å². The number of nitrogens with one attached hydrogen (secondary N) is 1. The molecule has 0 aromatic carbocycles. The lowest BCUT2D eigenvalue weighted by atomic mass is 10.2. The fraction of sp³-hybridized carbons (Fsp3) is 1.00. The van der Waals surface area contributed by atoms with Crippen molar-refractivity contribution in [2.45, 2.75) is 12.8 Å². The zero-order valence-corrected chi connectivity index (χ0v) is 5.64. The van der Waals surface area contributed by atoms with E-state index in [4.69, 9.17) is 0 Å². The molecule has 3 nitrogen and oxygen atoms in total. The van der Waals surface area contributed by atoms with Gasteiger partial charge in [0.2, 0.25) is 0 Å². The number of nitrogens with zero attached hydrogens (tertiary/aromatic N) is 2. The molecule has 0 aromatic heterocycles. The summed E-state index contributed by atoms with van der Waals surface area (Å²) in [5.74, 6) is 0. The van der Waals surface area contributed by atoms with Gasteiger partial charge in [0.25, 0.3) is 0 Å². The van der Waals surface area contributed by atoms with E-state index >= 15 is 0 Å². The molecule has 0 radical (unpaired) electrons. The maximum absolute atomic E-state index is 3.32. The van der Waals surface area contributed by atoms with Crippen LogP contribution in [0, 0.1) is 0 Å². The maximum atomic E-state index is 3.32. The summed E-state index contributed by atoms with van der Waals surface area (Å²) in [5.41, 5.74) is 0. The van der Waals surface area contributed by atoms with Crippen LogP contribution in [0.25, 0.3) is 0 Å². The predicted molar refractivity (Wildman–Crippen MR) is 35.5 cm³/mol. The van der Waals surface area contributed by atoms with E-state index in [1.807, 2.05) is 0 Å². The standard InChI is InChI=1S/C6H13N3/c1-2-4-9-6-7-5-8(9)3-1/h7H,1-6H2. The first-order valence-corrected chi connectivity index (χ1v) is 3.67. The van der Waals surface area contributed by atoms with Gasteiger partial charge in [0.05, 0.1) is 13.3 Å². The van der Waals surface area contributed by atoms with Gasteiger partial charge < -0.3 is 0 Å². The van der Waals surface area contributed by atoms with Gasteiger partial charge in [-0.25, -0.2) is 10.0 Å². The van der Waals surface area contributed by atoms with E-state index in [0.29, 0.717) is 0 Å². The SMILES string of the molecule is C1CCN2CNCN2C1. The molecule has 0 amide bonds. The van der Waals surface area contributed by atoms with Crippen LogP contribution in [-0.4, -0.2) is 36.4 Å². The molecule has 2 heterocycles. The quantitative estimate of drug-likeness (QED) is 0.487. The Labute approximate surface area is 55.6 Å². The van der Waals surface area contributed by atoms with Crippen molar-refractivity contribution in [3.63, 3.8) is 0 Å². The number of hydrogen-bond acceptors (Lipinski definition) is 3. The van der Waals surface area contributed by atoms with E-state index in [2.05, 4.69) is 15.3 Å². The molecule has 2 fully saturated rings. The monoisotopic (exact) mass is 127 g/mol. The summed E-state index contributed by atoms with van der Waals surface area (Å²) in [6.45, 7) is 4.65. The average Bonchev–Trinajstić information content (AvgIpc) is 2.33. The Kier molecular flexibility index (Phi) is 1.41. The van der Waals surface area contributed by atoms with Gasteiger partial charge in [-0.2, -0.15) is 0 Å². The lowest BCUT2D eigenvalue weighted by Crippen LogP contribution is -2.41. The fourth-order valence-corrected chi connectivity index (χ4v) is 1.54. The van der Waals surface area contributed by atoms with Crippen molar-refractivity contribution in [2.75, 3.05) is 26.4 Å². The van der Waals surface area contributed by atoms with E-state index in [9.17, 15) is 0 Å². The molecule has 1 N–H and O–H groups in total. The molecule has 0 spiro atoms. The van der Waals surface area contributed by atoms with E-state index in [1.165, 1.54) is 25.9 Å². The van der Waals surface area contributed by atoms with E-state index in [1.54, 1.807) is 0 Å². The first kappa shape index (κ1) is 5.65. The third kappa shape index (κ3) is 0.956. The van der Waals surface area contributed by atoms with Crippen LogP contribution in [-0.2, 0) is 0 Å². The lowest BCUT2D eigenvalue weighted by molar-refractivity contribution is -0.00111. The van der Waals surface area contributed by atoms with Crippen LogP contribution in [0.4, 0.5) is 0 Å². The summed E-state index contributed by atoms with van der Waals surface area (Å²) in [7, 11) is 0. The second kappa shape index (κ2) is 2.25. The minimum Gasteiger partial charge on any atom is -0.289 e. The molecule has 0 bridgehead atoms. The van der Waals surface area contributed by atoms with Crippen LogP contribution >= 0.6 is 0 Å². The van der Waals surface area contributed by atoms with Gasteiger partial charge in [0, 0.05) is 13.1 Å². The molecule has 52 valence electrons. The van der Waals surface area contributed by atoms with Crippen LogP contribution in [0.2, 0.25) is 0 Å². The van der Waals surface area contributed by atoms with E-state index in [-0.39, 0.29) is 0 Å². The van der Waals surface area contributed by atoms with E-state index in [0.717, 1.165) is 13.3 Å². The molecule has 9 heavy (non-hydrogen) atoms. The lowest BCUT2D eigenvalue weighted by Gasteiger charge is -2.30. The minimum absolute atomic E-state index is 1.07. The molecule has 2 aliphatic heterocycles. The van der Waals surface area contributed by atoms with Gasteiger partial charge in [0.1, 0.15) is 0 Å². The normalized spacial score (nSPS) is 30.7. The van der Waals surface area contributed by atoms with Crippen molar-refractivity contribution in [2.24, 2.45) is 0 Å².